The molecule has 1 aromatic heterocycles. The van der Waals surface area contributed by atoms with Gasteiger partial charge in [0.15, 0.2) is 0 Å². The Hall–Kier alpha value is -2.43. The van der Waals surface area contributed by atoms with Gasteiger partial charge in [0.05, 0.1) is 17.1 Å². The van der Waals surface area contributed by atoms with Gasteiger partial charge in [0.1, 0.15) is 11.9 Å². The van der Waals surface area contributed by atoms with Crippen molar-refractivity contribution in [1.82, 2.24) is 14.9 Å². The first-order valence-corrected chi connectivity index (χ1v) is 9.24. The highest BCUT2D eigenvalue weighted by Gasteiger charge is 2.25. The van der Waals surface area contributed by atoms with Crippen molar-refractivity contribution in [3.63, 3.8) is 0 Å². The minimum Gasteiger partial charge on any atom is -0.362 e. The Balaban J connectivity index is 1.69. The fourth-order valence-electron chi connectivity index (χ4n) is 3.56. The predicted molar refractivity (Wildman–Crippen MR) is 106 cm³/mol. The zero-order valence-electron chi connectivity index (χ0n) is 15.2. The Kier molecular flexibility index (Phi) is 4.87. The minimum absolute atomic E-state index is 0.198. The molecule has 0 aliphatic carbocycles. The van der Waals surface area contributed by atoms with Crippen LogP contribution in [0.1, 0.15) is 35.9 Å². The molecule has 0 spiro atoms. The number of H-pyrrole nitrogens is 1. The summed E-state index contributed by atoms with van der Waals surface area (Å²) < 4.78 is 6.59. The van der Waals surface area contributed by atoms with Gasteiger partial charge in [-0.05, 0) is 49.2 Å². The van der Waals surface area contributed by atoms with Crippen LogP contribution in [0.4, 0.5) is 0 Å². The maximum absolute atomic E-state index is 6.59. The molecule has 2 aromatic carbocycles. The van der Waals surface area contributed by atoms with Crippen molar-refractivity contribution >= 4 is 17.1 Å². The largest absolute Gasteiger partial charge is 0.362 e. The van der Waals surface area contributed by atoms with Gasteiger partial charge in [0.25, 0.3) is 0 Å². The number of aromatic nitrogens is 2. The highest BCUT2D eigenvalue weighted by atomic mass is 16.5. The zero-order valence-corrected chi connectivity index (χ0v) is 15.2. The summed E-state index contributed by atoms with van der Waals surface area (Å²) in [5, 5.41) is 0. The number of aromatic amines is 1. The maximum atomic E-state index is 6.59. The number of benzene rings is 2. The minimum atomic E-state index is -0.198. The summed E-state index contributed by atoms with van der Waals surface area (Å²) in [4.78, 5) is 10.6. The van der Waals surface area contributed by atoms with Crippen LogP contribution in [0.2, 0.25) is 0 Å². The van der Waals surface area contributed by atoms with Crippen LogP contribution >= 0.6 is 0 Å². The molecule has 0 amide bonds. The van der Waals surface area contributed by atoms with E-state index in [0.717, 1.165) is 53.9 Å². The Labute approximate surface area is 154 Å². The van der Waals surface area contributed by atoms with E-state index in [1.165, 1.54) is 0 Å². The Morgan fingerprint density at radius 1 is 1.19 bits per heavy atom. The molecule has 1 saturated heterocycles. The zero-order chi connectivity index (χ0) is 17.9. The van der Waals surface area contributed by atoms with E-state index in [4.69, 9.17) is 9.72 Å². The lowest BCUT2D eigenvalue weighted by molar-refractivity contribution is -0.0264. The molecule has 4 rings (SSSR count). The molecule has 1 N–H and O–H groups in total. The predicted octanol–water partition coefficient (Wildman–Crippen LogP) is 4.41. The summed E-state index contributed by atoms with van der Waals surface area (Å²) in [6.45, 7) is 6.04. The van der Waals surface area contributed by atoms with Crippen molar-refractivity contribution in [2.45, 2.75) is 25.0 Å². The normalized spacial score (nSPS) is 17.4. The van der Waals surface area contributed by atoms with Crippen LogP contribution in [0.15, 0.2) is 55.1 Å². The number of hydrogen-bond acceptors (Lipinski definition) is 3. The monoisotopic (exact) mass is 347 g/mol. The second kappa shape index (κ2) is 7.44. The molecule has 3 aromatic rings. The molecule has 26 heavy (non-hydrogen) atoms. The van der Waals surface area contributed by atoms with Gasteiger partial charge in [-0.3, -0.25) is 0 Å². The molecular formula is C22H25N3O. The molecule has 0 radical (unpaired) electrons. The number of nitrogens with one attached hydrogen (secondary N) is 1. The Morgan fingerprint density at radius 2 is 2.00 bits per heavy atom. The van der Waals surface area contributed by atoms with Gasteiger partial charge in [0.2, 0.25) is 0 Å². The van der Waals surface area contributed by atoms with Gasteiger partial charge < -0.3 is 14.6 Å². The van der Waals surface area contributed by atoms with Gasteiger partial charge >= 0.3 is 0 Å². The molecule has 4 heteroatoms. The van der Waals surface area contributed by atoms with Crippen LogP contribution in [0.5, 0.6) is 0 Å². The van der Waals surface area contributed by atoms with Gasteiger partial charge in [-0.2, -0.15) is 0 Å². The number of imidazole rings is 1. The van der Waals surface area contributed by atoms with Crippen LogP contribution in [0.25, 0.3) is 17.1 Å². The van der Waals surface area contributed by atoms with Crippen molar-refractivity contribution in [1.29, 1.82) is 0 Å². The molecule has 134 valence electrons. The smallest absolute Gasteiger partial charge is 0.141 e. The van der Waals surface area contributed by atoms with Crippen molar-refractivity contribution in [3.05, 3.63) is 72.1 Å². The van der Waals surface area contributed by atoms with Crippen LogP contribution in [0, 0.1) is 0 Å². The van der Waals surface area contributed by atoms with Crippen molar-refractivity contribution in [2.75, 3.05) is 20.1 Å². The fourth-order valence-corrected chi connectivity index (χ4v) is 3.56. The standard InChI is InChI=1S/C22H25N3O/c1-3-16-7-6-8-17(15-16)21(26-18-11-13-25(2)14-12-18)22-23-19-9-4-5-10-20(19)24-22/h3-10,15,18,21H,1,11-14H2,2H3,(H,23,24). The van der Waals surface area contributed by atoms with Gasteiger partial charge in [-0.1, -0.05) is 43.0 Å². The number of piperidine rings is 1. The average molecular weight is 347 g/mol. The Morgan fingerprint density at radius 3 is 2.77 bits per heavy atom. The number of rotatable bonds is 5. The summed E-state index contributed by atoms with van der Waals surface area (Å²) in [6, 6.07) is 16.5. The van der Waals surface area contributed by atoms with Gasteiger partial charge in [-0.15, -0.1) is 0 Å². The van der Waals surface area contributed by atoms with Crippen LogP contribution in [-0.2, 0) is 4.74 Å². The molecule has 1 aliphatic rings. The number of nitrogens with zero attached hydrogens (tertiary/aromatic N) is 2. The van der Waals surface area contributed by atoms with Crippen molar-refractivity contribution in [3.8, 4) is 0 Å². The van der Waals surface area contributed by atoms with E-state index >= 15 is 0 Å². The summed E-state index contributed by atoms with van der Waals surface area (Å²) in [5.41, 5.74) is 4.22. The fraction of sp³-hybridized carbons (Fsp3) is 0.318. The highest BCUT2D eigenvalue weighted by molar-refractivity contribution is 5.74. The van der Waals surface area contributed by atoms with E-state index in [-0.39, 0.29) is 12.2 Å². The lowest BCUT2D eigenvalue weighted by atomic mass is 10.0. The molecular weight excluding hydrogens is 322 g/mol. The molecule has 1 fully saturated rings. The second-order valence-corrected chi connectivity index (χ2v) is 7.03. The lowest BCUT2D eigenvalue weighted by Crippen LogP contribution is -2.35. The Bertz CT molecular complexity index is 860. The summed E-state index contributed by atoms with van der Waals surface area (Å²) in [7, 11) is 2.17. The van der Waals surface area contributed by atoms with E-state index in [1.807, 2.05) is 24.3 Å². The average Bonchev–Trinajstić information content (AvgIpc) is 3.11. The molecule has 0 saturated carbocycles. The molecule has 2 heterocycles. The van der Waals surface area contributed by atoms with E-state index < -0.39 is 0 Å². The van der Waals surface area contributed by atoms with Crippen LogP contribution in [0.3, 0.4) is 0 Å². The number of likely N-dealkylation sites (tertiary alicyclic amines) is 1. The number of para-hydroxylation sites is 2. The first-order valence-electron chi connectivity index (χ1n) is 9.24. The number of hydrogen-bond donors (Lipinski definition) is 1. The summed E-state index contributed by atoms with van der Waals surface area (Å²) >= 11 is 0. The third-order valence-electron chi connectivity index (χ3n) is 5.10. The van der Waals surface area contributed by atoms with Gasteiger partial charge in [0, 0.05) is 13.1 Å². The number of fused-ring (bicyclic) bond motifs is 1. The topological polar surface area (TPSA) is 41.1 Å². The quantitative estimate of drug-likeness (QED) is 0.743. The lowest BCUT2D eigenvalue weighted by Gasteiger charge is -2.31. The molecule has 1 aliphatic heterocycles. The van der Waals surface area contributed by atoms with Gasteiger partial charge in [-0.25, -0.2) is 4.98 Å². The van der Waals surface area contributed by atoms with E-state index in [1.54, 1.807) is 0 Å². The second-order valence-electron chi connectivity index (χ2n) is 7.03. The van der Waals surface area contributed by atoms with E-state index in [0.29, 0.717) is 0 Å². The molecule has 0 bridgehead atoms. The molecule has 1 atom stereocenters. The first kappa shape index (κ1) is 17.0. The summed E-state index contributed by atoms with van der Waals surface area (Å²) in [5.74, 6) is 0.867. The third kappa shape index (κ3) is 3.57. The first-order chi connectivity index (χ1) is 12.7. The van der Waals surface area contributed by atoms with E-state index in [2.05, 4.69) is 53.8 Å². The maximum Gasteiger partial charge on any atom is 0.141 e. The summed E-state index contributed by atoms with van der Waals surface area (Å²) in [6.07, 6.45) is 4.02. The highest BCUT2D eigenvalue weighted by Crippen LogP contribution is 2.30. The van der Waals surface area contributed by atoms with Crippen molar-refractivity contribution in [2.24, 2.45) is 0 Å². The van der Waals surface area contributed by atoms with Crippen LogP contribution < -0.4 is 0 Å². The third-order valence-corrected chi connectivity index (χ3v) is 5.10. The number of ether oxygens (including phenoxy) is 1. The van der Waals surface area contributed by atoms with Crippen molar-refractivity contribution < 1.29 is 4.74 Å². The molecule has 1 unspecified atom stereocenters. The molecule has 4 nitrogen and oxygen atoms in total. The van der Waals surface area contributed by atoms with Crippen LogP contribution in [-0.4, -0.2) is 41.1 Å². The SMILES string of the molecule is C=Cc1cccc(C(OC2CCN(C)CC2)c2nc3ccccc3[nH]2)c1. The van der Waals surface area contributed by atoms with E-state index in [9.17, 15) is 0 Å².